The lowest BCUT2D eigenvalue weighted by molar-refractivity contribution is 0.293. The molecule has 0 spiro atoms. The van der Waals surface area contributed by atoms with Gasteiger partial charge in [-0.1, -0.05) is 33.6 Å². The second-order valence-electron chi connectivity index (χ2n) is 6.88. The molecule has 2 rings (SSSR count). The Hall–Kier alpha value is -0.830. The highest BCUT2D eigenvalue weighted by Crippen LogP contribution is 2.34. The average molecular weight is 291 g/mol. The van der Waals surface area contributed by atoms with Crippen LogP contribution in [-0.4, -0.2) is 22.4 Å². The van der Waals surface area contributed by atoms with E-state index in [4.69, 9.17) is 5.10 Å². The lowest BCUT2D eigenvalue weighted by Gasteiger charge is -2.27. The molecule has 0 radical (unpaired) electrons. The lowest BCUT2D eigenvalue weighted by Crippen LogP contribution is -2.39. The van der Waals surface area contributed by atoms with Crippen LogP contribution >= 0.6 is 0 Å². The van der Waals surface area contributed by atoms with E-state index >= 15 is 0 Å². The quantitative estimate of drug-likeness (QED) is 0.778. The first-order chi connectivity index (χ1) is 10.2. The SMILES string of the molecule is CCCNC(Cc1ccn(C(C)CC)n1)C1CCCC1C. The molecule has 0 aromatic carbocycles. The summed E-state index contributed by atoms with van der Waals surface area (Å²) >= 11 is 0. The Bertz CT molecular complexity index is 412. The Morgan fingerprint density at radius 2 is 2.19 bits per heavy atom. The zero-order valence-corrected chi connectivity index (χ0v) is 14.3. The highest BCUT2D eigenvalue weighted by atomic mass is 15.3. The maximum atomic E-state index is 4.80. The molecule has 1 aliphatic carbocycles. The van der Waals surface area contributed by atoms with Crippen LogP contribution in [0.1, 0.15) is 71.5 Å². The fourth-order valence-electron chi connectivity index (χ4n) is 3.62. The van der Waals surface area contributed by atoms with Gasteiger partial charge in [-0.15, -0.1) is 0 Å². The van der Waals surface area contributed by atoms with Crippen molar-refractivity contribution in [2.75, 3.05) is 6.54 Å². The van der Waals surface area contributed by atoms with E-state index in [1.165, 1.54) is 31.4 Å². The van der Waals surface area contributed by atoms with E-state index < -0.39 is 0 Å². The van der Waals surface area contributed by atoms with Gasteiger partial charge in [0.15, 0.2) is 0 Å². The van der Waals surface area contributed by atoms with Crippen molar-refractivity contribution in [2.24, 2.45) is 11.8 Å². The van der Waals surface area contributed by atoms with Gasteiger partial charge < -0.3 is 5.32 Å². The molecule has 0 bridgehead atoms. The first-order valence-electron chi connectivity index (χ1n) is 8.93. The van der Waals surface area contributed by atoms with Gasteiger partial charge in [-0.25, -0.2) is 0 Å². The molecule has 1 aliphatic rings. The minimum atomic E-state index is 0.506. The number of rotatable bonds is 8. The zero-order valence-electron chi connectivity index (χ0n) is 14.3. The molecule has 4 unspecified atom stereocenters. The third kappa shape index (κ3) is 4.32. The summed E-state index contributed by atoms with van der Waals surface area (Å²) < 4.78 is 2.13. The minimum absolute atomic E-state index is 0.506. The molecule has 3 nitrogen and oxygen atoms in total. The van der Waals surface area contributed by atoms with Crippen LogP contribution in [-0.2, 0) is 6.42 Å². The molecule has 1 N–H and O–H groups in total. The summed E-state index contributed by atoms with van der Waals surface area (Å²) in [6.07, 6.45) is 9.76. The summed E-state index contributed by atoms with van der Waals surface area (Å²) in [6, 6.07) is 3.32. The molecule has 120 valence electrons. The number of hydrogen-bond acceptors (Lipinski definition) is 2. The van der Waals surface area contributed by atoms with Gasteiger partial charge in [-0.05, 0) is 50.6 Å². The highest BCUT2D eigenvalue weighted by Gasteiger charge is 2.31. The van der Waals surface area contributed by atoms with Crippen LogP contribution in [0, 0.1) is 11.8 Å². The van der Waals surface area contributed by atoms with E-state index in [0.29, 0.717) is 12.1 Å². The van der Waals surface area contributed by atoms with Gasteiger partial charge in [0, 0.05) is 24.7 Å². The van der Waals surface area contributed by atoms with Gasteiger partial charge in [0.25, 0.3) is 0 Å². The zero-order chi connectivity index (χ0) is 15.2. The molecule has 4 atom stereocenters. The standard InChI is InChI=1S/C18H33N3/c1-5-11-19-18(17-9-7-8-14(17)3)13-16-10-12-21(20-16)15(4)6-2/h10,12,14-15,17-19H,5-9,11,13H2,1-4H3. The molecule has 0 aliphatic heterocycles. The summed E-state index contributed by atoms with van der Waals surface area (Å²) in [5, 5.41) is 8.60. The maximum Gasteiger partial charge on any atom is 0.0640 e. The molecule has 21 heavy (non-hydrogen) atoms. The average Bonchev–Trinajstić information content (AvgIpc) is 3.11. The smallest absolute Gasteiger partial charge is 0.0640 e. The largest absolute Gasteiger partial charge is 0.313 e. The van der Waals surface area contributed by atoms with Crippen LogP contribution in [0.5, 0.6) is 0 Å². The van der Waals surface area contributed by atoms with Crippen molar-refractivity contribution in [2.45, 2.75) is 78.3 Å². The Labute approximate surface area is 130 Å². The number of nitrogens with one attached hydrogen (secondary N) is 1. The molecule has 1 heterocycles. The van der Waals surface area contributed by atoms with E-state index in [9.17, 15) is 0 Å². The second-order valence-corrected chi connectivity index (χ2v) is 6.88. The molecule has 1 fully saturated rings. The fourth-order valence-corrected chi connectivity index (χ4v) is 3.62. The predicted molar refractivity (Wildman–Crippen MR) is 89.5 cm³/mol. The molecular weight excluding hydrogens is 258 g/mol. The molecular formula is C18H33N3. The third-order valence-electron chi connectivity index (χ3n) is 5.24. The van der Waals surface area contributed by atoms with Gasteiger partial charge in [0.05, 0.1) is 5.69 Å². The summed E-state index contributed by atoms with van der Waals surface area (Å²) in [5.41, 5.74) is 1.25. The minimum Gasteiger partial charge on any atom is -0.313 e. The topological polar surface area (TPSA) is 29.9 Å². The number of hydrogen-bond donors (Lipinski definition) is 1. The molecule has 3 heteroatoms. The molecule has 1 aromatic heterocycles. The molecule has 1 aromatic rings. The third-order valence-corrected chi connectivity index (χ3v) is 5.24. The van der Waals surface area contributed by atoms with Gasteiger partial charge in [0.2, 0.25) is 0 Å². The summed E-state index contributed by atoms with van der Waals surface area (Å²) in [4.78, 5) is 0. The number of nitrogens with zero attached hydrogens (tertiary/aromatic N) is 2. The van der Waals surface area contributed by atoms with E-state index in [2.05, 4.69) is 50.0 Å². The lowest BCUT2D eigenvalue weighted by atomic mass is 9.87. The summed E-state index contributed by atoms with van der Waals surface area (Å²) in [6.45, 7) is 10.3. The number of aromatic nitrogens is 2. The van der Waals surface area contributed by atoms with Crippen LogP contribution in [0.4, 0.5) is 0 Å². The Morgan fingerprint density at radius 3 is 2.81 bits per heavy atom. The first kappa shape index (κ1) is 16.5. The van der Waals surface area contributed by atoms with Crippen molar-refractivity contribution in [1.82, 2.24) is 15.1 Å². The fraction of sp³-hybridized carbons (Fsp3) is 0.833. The van der Waals surface area contributed by atoms with Crippen LogP contribution in [0.3, 0.4) is 0 Å². The van der Waals surface area contributed by atoms with Crippen molar-refractivity contribution >= 4 is 0 Å². The van der Waals surface area contributed by atoms with Gasteiger partial charge in [-0.3, -0.25) is 4.68 Å². The first-order valence-corrected chi connectivity index (χ1v) is 8.93. The van der Waals surface area contributed by atoms with Crippen molar-refractivity contribution < 1.29 is 0 Å². The van der Waals surface area contributed by atoms with Crippen molar-refractivity contribution in [3.8, 4) is 0 Å². The van der Waals surface area contributed by atoms with Crippen LogP contribution in [0.15, 0.2) is 12.3 Å². The monoisotopic (exact) mass is 291 g/mol. The summed E-state index contributed by atoms with van der Waals surface area (Å²) in [7, 11) is 0. The highest BCUT2D eigenvalue weighted by molar-refractivity contribution is 5.04. The second kappa shape index (κ2) is 7.98. The molecule has 0 saturated heterocycles. The van der Waals surface area contributed by atoms with Crippen LogP contribution in [0.2, 0.25) is 0 Å². The summed E-state index contributed by atoms with van der Waals surface area (Å²) in [5.74, 6) is 1.68. The van der Waals surface area contributed by atoms with Gasteiger partial charge >= 0.3 is 0 Å². The van der Waals surface area contributed by atoms with Gasteiger partial charge in [-0.2, -0.15) is 5.10 Å². The Balaban J connectivity index is 2.02. The van der Waals surface area contributed by atoms with Crippen LogP contribution in [0.25, 0.3) is 0 Å². The normalized spacial score (nSPS) is 25.1. The van der Waals surface area contributed by atoms with E-state index in [1.54, 1.807) is 0 Å². The van der Waals surface area contributed by atoms with Gasteiger partial charge in [0.1, 0.15) is 0 Å². The van der Waals surface area contributed by atoms with E-state index in [-0.39, 0.29) is 0 Å². The molecule has 1 saturated carbocycles. The van der Waals surface area contributed by atoms with E-state index in [0.717, 1.165) is 31.2 Å². The maximum absolute atomic E-state index is 4.80. The Morgan fingerprint density at radius 1 is 1.38 bits per heavy atom. The Kier molecular flexibility index (Phi) is 6.28. The predicted octanol–water partition coefficient (Wildman–Crippen LogP) is 4.20. The van der Waals surface area contributed by atoms with Crippen molar-refractivity contribution in [3.63, 3.8) is 0 Å². The van der Waals surface area contributed by atoms with Crippen LogP contribution < -0.4 is 5.32 Å². The van der Waals surface area contributed by atoms with E-state index in [1.807, 2.05) is 0 Å². The van der Waals surface area contributed by atoms with Crippen molar-refractivity contribution in [3.05, 3.63) is 18.0 Å². The molecule has 0 amide bonds. The van der Waals surface area contributed by atoms with Crippen molar-refractivity contribution in [1.29, 1.82) is 0 Å².